The Kier molecular flexibility index (Phi) is 6.05. The largest absolute Gasteiger partial charge is 0.357 e. The number of carbonyl (C=O) groups is 1. The van der Waals surface area contributed by atoms with Crippen LogP contribution in [-0.2, 0) is 13.6 Å². The predicted molar refractivity (Wildman–Crippen MR) is 105 cm³/mol. The second-order valence-electron chi connectivity index (χ2n) is 7.30. The molecule has 1 fully saturated rings. The lowest BCUT2D eigenvalue weighted by molar-refractivity contribution is 0.0955. The number of piperidine rings is 1. The first-order chi connectivity index (χ1) is 13.0. The Morgan fingerprint density at radius 1 is 1.26 bits per heavy atom. The number of rotatable bonds is 6. The van der Waals surface area contributed by atoms with Crippen molar-refractivity contribution in [2.24, 2.45) is 7.05 Å². The van der Waals surface area contributed by atoms with Crippen LogP contribution in [0.4, 0.5) is 5.82 Å². The maximum Gasteiger partial charge on any atom is 0.252 e. The topological polar surface area (TPSA) is 79.2 Å². The van der Waals surface area contributed by atoms with Crippen LogP contribution < -0.4 is 10.2 Å². The van der Waals surface area contributed by atoms with Crippen molar-refractivity contribution < 1.29 is 4.79 Å². The van der Waals surface area contributed by atoms with E-state index in [2.05, 4.69) is 41.9 Å². The summed E-state index contributed by atoms with van der Waals surface area (Å²) in [5, 5.41) is 11.6. The summed E-state index contributed by atoms with van der Waals surface area (Å²) in [7, 11) is 6.14. The van der Waals surface area contributed by atoms with Gasteiger partial charge in [-0.25, -0.2) is 4.98 Å². The molecule has 0 radical (unpaired) electrons. The van der Waals surface area contributed by atoms with E-state index in [1.165, 1.54) is 0 Å². The Balaban J connectivity index is 1.60. The zero-order valence-corrected chi connectivity index (χ0v) is 16.6. The van der Waals surface area contributed by atoms with Gasteiger partial charge in [0.1, 0.15) is 17.5 Å². The molecule has 3 heterocycles. The highest BCUT2D eigenvalue weighted by Crippen LogP contribution is 2.29. The van der Waals surface area contributed by atoms with Crippen molar-refractivity contribution in [2.45, 2.75) is 32.2 Å². The summed E-state index contributed by atoms with van der Waals surface area (Å²) in [6.07, 6.45) is 3.70. The van der Waals surface area contributed by atoms with Gasteiger partial charge < -0.3 is 19.7 Å². The number of aromatic nitrogens is 4. The van der Waals surface area contributed by atoms with Crippen molar-refractivity contribution in [1.29, 1.82) is 0 Å². The number of amides is 1. The molecule has 2 aromatic heterocycles. The van der Waals surface area contributed by atoms with Crippen LogP contribution in [0, 0.1) is 0 Å². The third-order valence-corrected chi connectivity index (χ3v) is 4.99. The van der Waals surface area contributed by atoms with Gasteiger partial charge in [0.05, 0.1) is 12.1 Å². The molecule has 8 heteroatoms. The van der Waals surface area contributed by atoms with Crippen molar-refractivity contribution in [1.82, 2.24) is 30.0 Å². The third kappa shape index (κ3) is 4.44. The van der Waals surface area contributed by atoms with Crippen molar-refractivity contribution in [3.63, 3.8) is 0 Å². The van der Waals surface area contributed by atoms with Gasteiger partial charge in [0.2, 0.25) is 0 Å². The van der Waals surface area contributed by atoms with Crippen molar-refractivity contribution in [3.8, 4) is 0 Å². The van der Waals surface area contributed by atoms with E-state index in [9.17, 15) is 4.79 Å². The molecule has 0 aromatic carbocycles. The average molecular weight is 371 g/mol. The SMILES string of the molecule is CCNC(=O)c1ccc(N2CCC(c3nnc(CN(C)C)n3C)CC2)nc1. The van der Waals surface area contributed by atoms with Crippen LogP contribution in [0.25, 0.3) is 0 Å². The molecule has 1 saturated heterocycles. The molecular formula is C19H29N7O. The van der Waals surface area contributed by atoms with Gasteiger partial charge in [-0.1, -0.05) is 0 Å². The van der Waals surface area contributed by atoms with E-state index < -0.39 is 0 Å². The molecule has 1 aliphatic rings. The summed E-state index contributed by atoms with van der Waals surface area (Å²) in [6.45, 7) is 5.17. The molecule has 3 rings (SSSR count). The fourth-order valence-corrected chi connectivity index (χ4v) is 3.49. The first-order valence-corrected chi connectivity index (χ1v) is 9.51. The van der Waals surface area contributed by atoms with E-state index in [1.807, 2.05) is 33.2 Å². The van der Waals surface area contributed by atoms with Crippen LogP contribution in [-0.4, -0.2) is 64.3 Å². The molecule has 27 heavy (non-hydrogen) atoms. The highest BCUT2D eigenvalue weighted by molar-refractivity contribution is 5.93. The number of nitrogens with one attached hydrogen (secondary N) is 1. The summed E-state index contributed by atoms with van der Waals surface area (Å²) in [6, 6.07) is 3.78. The van der Waals surface area contributed by atoms with Gasteiger partial charge in [-0.05, 0) is 46.0 Å². The van der Waals surface area contributed by atoms with Crippen molar-refractivity contribution in [2.75, 3.05) is 38.6 Å². The maximum absolute atomic E-state index is 11.8. The molecule has 1 amide bonds. The van der Waals surface area contributed by atoms with E-state index in [-0.39, 0.29) is 5.91 Å². The van der Waals surface area contributed by atoms with Crippen molar-refractivity contribution >= 4 is 11.7 Å². The smallest absolute Gasteiger partial charge is 0.252 e. The van der Waals surface area contributed by atoms with Gasteiger partial charge in [-0.15, -0.1) is 10.2 Å². The predicted octanol–water partition coefficient (Wildman–Crippen LogP) is 1.41. The van der Waals surface area contributed by atoms with Gasteiger partial charge in [-0.2, -0.15) is 0 Å². The normalized spacial score (nSPS) is 15.4. The quantitative estimate of drug-likeness (QED) is 0.827. The number of anilines is 1. The van der Waals surface area contributed by atoms with Crippen LogP contribution in [0.15, 0.2) is 18.3 Å². The fraction of sp³-hybridized carbons (Fsp3) is 0.579. The molecule has 0 atom stereocenters. The summed E-state index contributed by atoms with van der Waals surface area (Å²) in [4.78, 5) is 20.7. The molecule has 146 valence electrons. The fourth-order valence-electron chi connectivity index (χ4n) is 3.49. The Bertz CT molecular complexity index is 761. The Morgan fingerprint density at radius 3 is 2.59 bits per heavy atom. The molecule has 2 aromatic rings. The number of pyridine rings is 1. The third-order valence-electron chi connectivity index (χ3n) is 4.99. The standard InChI is InChI=1S/C19H29N7O/c1-5-20-19(27)15-6-7-16(21-12-15)26-10-8-14(9-11-26)18-23-22-17(25(18)4)13-24(2)3/h6-7,12,14H,5,8-11,13H2,1-4H3,(H,20,27). The monoisotopic (exact) mass is 371 g/mol. The minimum atomic E-state index is -0.0777. The molecule has 8 nitrogen and oxygen atoms in total. The molecule has 1 aliphatic heterocycles. The second-order valence-corrected chi connectivity index (χ2v) is 7.30. The van der Waals surface area contributed by atoms with E-state index in [4.69, 9.17) is 0 Å². The van der Waals surface area contributed by atoms with Gasteiger partial charge in [0.25, 0.3) is 5.91 Å². The van der Waals surface area contributed by atoms with E-state index >= 15 is 0 Å². The minimum absolute atomic E-state index is 0.0777. The molecule has 0 saturated carbocycles. The number of hydrogen-bond acceptors (Lipinski definition) is 6. The lowest BCUT2D eigenvalue weighted by Crippen LogP contribution is -2.34. The minimum Gasteiger partial charge on any atom is -0.357 e. The van der Waals surface area contributed by atoms with Gasteiger partial charge >= 0.3 is 0 Å². The first kappa shape index (κ1) is 19.3. The number of carbonyl (C=O) groups excluding carboxylic acids is 1. The Hall–Kier alpha value is -2.48. The summed E-state index contributed by atoms with van der Waals surface area (Å²) < 4.78 is 2.14. The molecular weight excluding hydrogens is 342 g/mol. The summed E-state index contributed by atoms with van der Waals surface area (Å²) in [5.74, 6) is 3.34. The van der Waals surface area contributed by atoms with Crippen molar-refractivity contribution in [3.05, 3.63) is 35.5 Å². The van der Waals surface area contributed by atoms with Crippen LogP contribution in [0.1, 0.15) is 47.7 Å². The van der Waals surface area contributed by atoms with E-state index in [0.29, 0.717) is 18.0 Å². The second kappa shape index (κ2) is 8.47. The molecule has 0 unspecified atom stereocenters. The maximum atomic E-state index is 11.8. The number of nitrogens with zero attached hydrogens (tertiary/aromatic N) is 6. The zero-order chi connectivity index (χ0) is 19.4. The van der Waals surface area contributed by atoms with Crippen LogP contribution in [0.3, 0.4) is 0 Å². The molecule has 0 aliphatic carbocycles. The van der Waals surface area contributed by atoms with Gasteiger partial charge in [-0.3, -0.25) is 4.79 Å². The van der Waals surface area contributed by atoms with E-state index in [0.717, 1.165) is 49.9 Å². The van der Waals surface area contributed by atoms with Crippen LogP contribution in [0.2, 0.25) is 0 Å². The number of hydrogen-bond donors (Lipinski definition) is 1. The molecule has 1 N–H and O–H groups in total. The lowest BCUT2D eigenvalue weighted by atomic mass is 9.96. The summed E-state index contributed by atoms with van der Waals surface area (Å²) in [5.41, 5.74) is 0.600. The highest BCUT2D eigenvalue weighted by Gasteiger charge is 2.26. The zero-order valence-electron chi connectivity index (χ0n) is 16.6. The Morgan fingerprint density at radius 2 is 2.00 bits per heavy atom. The van der Waals surface area contributed by atoms with Crippen LogP contribution >= 0.6 is 0 Å². The highest BCUT2D eigenvalue weighted by atomic mass is 16.1. The molecule has 0 bridgehead atoms. The lowest BCUT2D eigenvalue weighted by Gasteiger charge is -2.32. The molecule has 0 spiro atoms. The van der Waals surface area contributed by atoms with Gasteiger partial charge in [0, 0.05) is 38.8 Å². The summed E-state index contributed by atoms with van der Waals surface area (Å²) >= 11 is 0. The van der Waals surface area contributed by atoms with E-state index in [1.54, 1.807) is 6.20 Å². The average Bonchev–Trinajstić information content (AvgIpc) is 3.02. The Labute approximate surface area is 160 Å². The van der Waals surface area contributed by atoms with Gasteiger partial charge in [0.15, 0.2) is 0 Å². The van der Waals surface area contributed by atoms with Crippen LogP contribution in [0.5, 0.6) is 0 Å². The first-order valence-electron chi connectivity index (χ1n) is 9.51.